The zero-order chi connectivity index (χ0) is 13.4. The van der Waals surface area contributed by atoms with E-state index < -0.39 is 15.8 Å². The molecule has 6 heteroatoms. The second-order valence-electron chi connectivity index (χ2n) is 4.03. The van der Waals surface area contributed by atoms with Crippen LogP contribution in [0.3, 0.4) is 0 Å². The fourth-order valence-electron chi connectivity index (χ4n) is 1.57. The Bertz CT molecular complexity index is 463. The monoisotopic (exact) mass is 274 g/mol. The van der Waals surface area contributed by atoms with Crippen molar-refractivity contribution in [2.75, 3.05) is 13.1 Å². The highest BCUT2D eigenvalue weighted by Gasteiger charge is 2.17. The first-order valence-corrected chi connectivity index (χ1v) is 7.50. The molecule has 0 radical (unpaired) electrons. The summed E-state index contributed by atoms with van der Waals surface area (Å²) in [4.78, 5) is -0.299. The van der Waals surface area contributed by atoms with Gasteiger partial charge in [-0.3, -0.25) is 0 Å². The summed E-state index contributed by atoms with van der Waals surface area (Å²) in [5.74, 6) is -0.729. The lowest BCUT2D eigenvalue weighted by atomic mass is 10.2. The van der Waals surface area contributed by atoms with Crippen LogP contribution >= 0.6 is 0 Å². The summed E-state index contributed by atoms with van der Waals surface area (Å²) >= 11 is 0. The van der Waals surface area contributed by atoms with Gasteiger partial charge in [-0.25, -0.2) is 17.5 Å². The minimum atomic E-state index is -3.73. The first-order valence-electron chi connectivity index (χ1n) is 6.02. The van der Waals surface area contributed by atoms with E-state index in [0.29, 0.717) is 13.1 Å². The number of sulfonamides is 1. The molecule has 1 aromatic carbocycles. The Morgan fingerprint density at radius 3 is 2.44 bits per heavy atom. The highest BCUT2D eigenvalue weighted by Crippen LogP contribution is 2.13. The summed E-state index contributed by atoms with van der Waals surface area (Å²) < 4.78 is 39.3. The third-order valence-corrected chi connectivity index (χ3v) is 4.04. The van der Waals surface area contributed by atoms with Crippen LogP contribution in [0.15, 0.2) is 29.2 Å². The molecule has 0 fully saturated rings. The molecule has 3 N–H and O–H groups in total. The minimum absolute atomic E-state index is 0.299. The van der Waals surface area contributed by atoms with Crippen molar-refractivity contribution >= 4 is 10.0 Å². The molecule has 0 unspecified atom stereocenters. The van der Waals surface area contributed by atoms with Crippen molar-refractivity contribution in [3.05, 3.63) is 30.1 Å². The van der Waals surface area contributed by atoms with Gasteiger partial charge in [-0.2, -0.15) is 0 Å². The molecule has 0 bridgehead atoms. The molecule has 0 spiro atoms. The number of hydrogen-bond donors (Lipinski definition) is 2. The van der Waals surface area contributed by atoms with Crippen LogP contribution < -0.4 is 10.5 Å². The number of nitrogens with one attached hydrogen (secondary N) is 1. The fraction of sp³-hybridized carbons (Fsp3) is 0.500. The average molecular weight is 274 g/mol. The van der Waals surface area contributed by atoms with Crippen LogP contribution in [0.5, 0.6) is 0 Å². The molecule has 0 aliphatic carbocycles. The lowest BCUT2D eigenvalue weighted by molar-refractivity contribution is 0.552. The van der Waals surface area contributed by atoms with Crippen molar-refractivity contribution in [1.82, 2.24) is 4.72 Å². The number of halogens is 1. The maximum absolute atomic E-state index is 13.3. The predicted octanol–water partition coefficient (Wildman–Crippen LogP) is 1.62. The third kappa shape index (κ3) is 4.72. The molecular formula is C12H19FN2O2S. The molecule has 1 rings (SSSR count). The van der Waals surface area contributed by atoms with Crippen LogP contribution in [0.2, 0.25) is 0 Å². The Kier molecular flexibility index (Phi) is 6.24. The van der Waals surface area contributed by atoms with Gasteiger partial charge < -0.3 is 5.73 Å². The molecule has 4 nitrogen and oxygen atoms in total. The second kappa shape index (κ2) is 7.45. The summed E-state index contributed by atoms with van der Waals surface area (Å²) in [5.41, 5.74) is 5.35. The van der Waals surface area contributed by atoms with Gasteiger partial charge in [0, 0.05) is 6.54 Å². The Balaban J connectivity index is 2.44. The topological polar surface area (TPSA) is 72.2 Å². The fourth-order valence-corrected chi connectivity index (χ4v) is 2.72. The van der Waals surface area contributed by atoms with Crippen molar-refractivity contribution in [1.29, 1.82) is 0 Å². The van der Waals surface area contributed by atoms with Gasteiger partial charge in [0.15, 0.2) is 0 Å². The Labute approximate surface area is 107 Å². The van der Waals surface area contributed by atoms with E-state index in [-0.39, 0.29) is 4.90 Å². The molecule has 0 aromatic heterocycles. The summed E-state index contributed by atoms with van der Waals surface area (Å²) in [6.45, 7) is 0.974. The van der Waals surface area contributed by atoms with Crippen molar-refractivity contribution in [2.24, 2.45) is 5.73 Å². The molecule has 102 valence electrons. The highest BCUT2D eigenvalue weighted by molar-refractivity contribution is 7.89. The van der Waals surface area contributed by atoms with Crippen molar-refractivity contribution < 1.29 is 12.8 Å². The predicted molar refractivity (Wildman–Crippen MR) is 69.1 cm³/mol. The molecule has 0 heterocycles. The number of hydrogen-bond acceptors (Lipinski definition) is 3. The zero-order valence-electron chi connectivity index (χ0n) is 10.2. The summed E-state index contributed by atoms with van der Waals surface area (Å²) in [6.07, 6.45) is 3.57. The molecule has 0 saturated carbocycles. The van der Waals surface area contributed by atoms with Crippen LogP contribution in [-0.2, 0) is 10.0 Å². The van der Waals surface area contributed by atoms with Gasteiger partial charge >= 0.3 is 0 Å². The lowest BCUT2D eigenvalue weighted by Gasteiger charge is -2.07. The molecule has 18 heavy (non-hydrogen) atoms. The third-order valence-electron chi connectivity index (χ3n) is 2.55. The standard InChI is InChI=1S/C12H19FN2O2S/c13-11-7-3-4-8-12(11)18(16,17)15-10-6-2-1-5-9-14/h3-4,7-8,15H,1-2,5-6,9-10,14H2. The van der Waals surface area contributed by atoms with Gasteiger partial charge in [0.1, 0.15) is 10.7 Å². The second-order valence-corrected chi connectivity index (χ2v) is 5.77. The van der Waals surface area contributed by atoms with Gasteiger partial charge in [-0.05, 0) is 31.5 Å². The van der Waals surface area contributed by atoms with E-state index in [1.54, 1.807) is 0 Å². The van der Waals surface area contributed by atoms with Gasteiger partial charge in [0.05, 0.1) is 0 Å². The first-order chi connectivity index (χ1) is 8.58. The highest BCUT2D eigenvalue weighted by atomic mass is 32.2. The molecule has 1 aromatic rings. The van der Waals surface area contributed by atoms with E-state index in [1.165, 1.54) is 18.2 Å². The van der Waals surface area contributed by atoms with E-state index >= 15 is 0 Å². The summed E-state index contributed by atoms with van der Waals surface area (Å²) in [5, 5.41) is 0. The average Bonchev–Trinajstić information content (AvgIpc) is 2.34. The lowest BCUT2D eigenvalue weighted by Crippen LogP contribution is -2.25. The number of rotatable bonds is 8. The van der Waals surface area contributed by atoms with E-state index in [2.05, 4.69) is 4.72 Å². The Hall–Kier alpha value is -0.980. The zero-order valence-corrected chi connectivity index (χ0v) is 11.0. The number of benzene rings is 1. The SMILES string of the molecule is NCCCCCCNS(=O)(=O)c1ccccc1F. The van der Waals surface area contributed by atoms with Crippen molar-refractivity contribution in [3.8, 4) is 0 Å². The summed E-state index contributed by atoms with van der Waals surface area (Å²) in [7, 11) is -3.73. The van der Waals surface area contributed by atoms with E-state index in [4.69, 9.17) is 5.73 Å². The quantitative estimate of drug-likeness (QED) is 0.708. The van der Waals surface area contributed by atoms with Crippen LogP contribution in [0.25, 0.3) is 0 Å². The molecule has 0 atom stereocenters. The minimum Gasteiger partial charge on any atom is -0.330 e. The largest absolute Gasteiger partial charge is 0.330 e. The molecule has 0 saturated heterocycles. The smallest absolute Gasteiger partial charge is 0.243 e. The maximum atomic E-state index is 13.3. The van der Waals surface area contributed by atoms with Crippen LogP contribution in [0, 0.1) is 5.82 Å². The Morgan fingerprint density at radius 2 is 1.78 bits per heavy atom. The van der Waals surface area contributed by atoms with Gasteiger partial charge in [-0.1, -0.05) is 25.0 Å². The van der Waals surface area contributed by atoms with Gasteiger partial charge in [-0.15, -0.1) is 0 Å². The normalized spacial score (nSPS) is 11.7. The number of unbranched alkanes of at least 4 members (excludes halogenated alkanes) is 3. The van der Waals surface area contributed by atoms with E-state index in [9.17, 15) is 12.8 Å². The maximum Gasteiger partial charge on any atom is 0.243 e. The number of nitrogens with two attached hydrogens (primary N) is 1. The van der Waals surface area contributed by atoms with E-state index in [1.807, 2.05) is 0 Å². The van der Waals surface area contributed by atoms with Crippen molar-refractivity contribution in [3.63, 3.8) is 0 Å². The summed E-state index contributed by atoms with van der Waals surface area (Å²) in [6, 6.07) is 5.35. The molecular weight excluding hydrogens is 255 g/mol. The van der Waals surface area contributed by atoms with Crippen molar-refractivity contribution in [2.45, 2.75) is 30.6 Å². The van der Waals surface area contributed by atoms with Crippen LogP contribution in [0.4, 0.5) is 4.39 Å². The molecule has 0 aliphatic heterocycles. The molecule has 0 aliphatic rings. The van der Waals surface area contributed by atoms with E-state index in [0.717, 1.165) is 31.7 Å². The van der Waals surface area contributed by atoms with Gasteiger partial charge in [0.2, 0.25) is 10.0 Å². The molecule has 0 amide bonds. The van der Waals surface area contributed by atoms with Crippen LogP contribution in [-0.4, -0.2) is 21.5 Å². The van der Waals surface area contributed by atoms with Gasteiger partial charge in [0.25, 0.3) is 0 Å². The van der Waals surface area contributed by atoms with Crippen LogP contribution in [0.1, 0.15) is 25.7 Å². The first kappa shape index (κ1) is 15.1. The Morgan fingerprint density at radius 1 is 1.11 bits per heavy atom.